The Morgan fingerprint density at radius 2 is 2.33 bits per heavy atom. The van der Waals surface area contributed by atoms with Crippen LogP contribution in [0.2, 0.25) is 0 Å². The second kappa shape index (κ2) is 4.70. The van der Waals surface area contributed by atoms with Crippen LogP contribution >= 0.6 is 0 Å². The van der Waals surface area contributed by atoms with Gasteiger partial charge in [0, 0.05) is 6.07 Å². The maximum atomic E-state index is 12.5. The Morgan fingerprint density at radius 3 is 3.00 bits per heavy atom. The molecule has 12 heavy (non-hydrogen) atoms. The molecular weight excluding hydrogens is 157 g/mol. The molecule has 0 spiro atoms. The summed E-state index contributed by atoms with van der Waals surface area (Å²) in [5.41, 5.74) is 0. The summed E-state index contributed by atoms with van der Waals surface area (Å²) in [6.07, 6.45) is 4.73. The number of hydrogen-bond acceptors (Lipinski definition) is 2. The van der Waals surface area contributed by atoms with Gasteiger partial charge in [-0.2, -0.15) is 0 Å². The number of halogens is 1. The summed E-state index contributed by atoms with van der Waals surface area (Å²) in [5, 5.41) is 0. The molecule has 0 N–H and O–H groups in total. The third kappa shape index (κ3) is 2.86. The Kier molecular flexibility index (Phi) is 3.51. The van der Waals surface area contributed by atoms with E-state index in [-0.39, 0.29) is 5.82 Å². The van der Waals surface area contributed by atoms with Crippen LogP contribution in [0.25, 0.3) is 0 Å². The standard InChI is InChI=1S/C9H12FNO/c1-2-3-4-12-9-5-8(10)6-11-7-9/h5-7H,2-4H2,1H3. The van der Waals surface area contributed by atoms with E-state index in [0.29, 0.717) is 12.4 Å². The lowest BCUT2D eigenvalue weighted by molar-refractivity contribution is 0.306. The lowest BCUT2D eigenvalue weighted by Crippen LogP contribution is -1.96. The Bertz CT molecular complexity index is 240. The molecule has 66 valence electrons. The molecule has 1 heterocycles. The van der Waals surface area contributed by atoms with Gasteiger partial charge in [-0.05, 0) is 6.42 Å². The van der Waals surface area contributed by atoms with E-state index >= 15 is 0 Å². The fourth-order valence-corrected chi connectivity index (χ4v) is 0.806. The smallest absolute Gasteiger partial charge is 0.145 e. The number of aromatic nitrogens is 1. The van der Waals surface area contributed by atoms with Crippen molar-refractivity contribution in [3.8, 4) is 5.75 Å². The average Bonchev–Trinajstić information content (AvgIpc) is 2.05. The highest BCUT2D eigenvalue weighted by molar-refractivity contribution is 5.16. The maximum absolute atomic E-state index is 12.5. The summed E-state index contributed by atoms with van der Waals surface area (Å²) in [6.45, 7) is 2.70. The molecule has 0 fully saturated rings. The molecule has 3 heteroatoms. The van der Waals surface area contributed by atoms with Crippen molar-refractivity contribution in [3.63, 3.8) is 0 Å². The Labute approximate surface area is 71.4 Å². The van der Waals surface area contributed by atoms with Crippen molar-refractivity contribution < 1.29 is 9.13 Å². The van der Waals surface area contributed by atoms with Crippen LogP contribution in [0.1, 0.15) is 19.8 Å². The van der Waals surface area contributed by atoms with E-state index in [9.17, 15) is 4.39 Å². The molecule has 1 aromatic heterocycles. The molecule has 2 nitrogen and oxygen atoms in total. The van der Waals surface area contributed by atoms with Gasteiger partial charge in [-0.15, -0.1) is 0 Å². The fraction of sp³-hybridized carbons (Fsp3) is 0.444. The molecule has 0 radical (unpaired) electrons. The van der Waals surface area contributed by atoms with Crippen molar-refractivity contribution in [3.05, 3.63) is 24.3 Å². The van der Waals surface area contributed by atoms with Crippen molar-refractivity contribution in [2.24, 2.45) is 0 Å². The van der Waals surface area contributed by atoms with E-state index < -0.39 is 0 Å². The molecule has 0 aliphatic heterocycles. The van der Waals surface area contributed by atoms with Gasteiger partial charge in [0.15, 0.2) is 0 Å². The second-order valence-electron chi connectivity index (χ2n) is 2.54. The first-order chi connectivity index (χ1) is 5.83. The topological polar surface area (TPSA) is 22.1 Å². The zero-order chi connectivity index (χ0) is 8.81. The minimum atomic E-state index is -0.357. The summed E-state index contributed by atoms with van der Waals surface area (Å²) in [5.74, 6) is 0.146. The van der Waals surface area contributed by atoms with Gasteiger partial charge in [0.25, 0.3) is 0 Å². The van der Waals surface area contributed by atoms with Gasteiger partial charge in [-0.1, -0.05) is 13.3 Å². The van der Waals surface area contributed by atoms with Crippen LogP contribution in [0.15, 0.2) is 18.5 Å². The molecule has 0 unspecified atom stereocenters. The van der Waals surface area contributed by atoms with E-state index in [1.807, 2.05) is 0 Å². The molecule has 1 rings (SSSR count). The number of unbranched alkanes of at least 4 members (excludes halogenated alkanes) is 1. The van der Waals surface area contributed by atoms with Crippen LogP contribution in [0.5, 0.6) is 5.75 Å². The van der Waals surface area contributed by atoms with Crippen LogP contribution in [0.4, 0.5) is 4.39 Å². The van der Waals surface area contributed by atoms with Crippen LogP contribution in [0.3, 0.4) is 0 Å². The number of rotatable bonds is 4. The van der Waals surface area contributed by atoms with E-state index in [1.165, 1.54) is 12.3 Å². The van der Waals surface area contributed by atoms with E-state index in [4.69, 9.17) is 4.74 Å². The normalized spacial score (nSPS) is 9.83. The van der Waals surface area contributed by atoms with Crippen LogP contribution in [0, 0.1) is 5.82 Å². The number of ether oxygens (including phenoxy) is 1. The largest absolute Gasteiger partial charge is 0.492 e. The van der Waals surface area contributed by atoms with Gasteiger partial charge < -0.3 is 4.74 Å². The highest BCUT2D eigenvalue weighted by Crippen LogP contribution is 2.09. The number of nitrogens with zero attached hydrogens (tertiary/aromatic N) is 1. The highest BCUT2D eigenvalue weighted by Gasteiger charge is 1.95. The lowest BCUT2D eigenvalue weighted by Gasteiger charge is -2.03. The average molecular weight is 169 g/mol. The Balaban J connectivity index is 2.41. The summed E-state index contributed by atoms with van der Waals surface area (Å²) in [6, 6.07) is 1.34. The van der Waals surface area contributed by atoms with Crippen LogP contribution < -0.4 is 4.74 Å². The first-order valence-electron chi connectivity index (χ1n) is 4.06. The monoisotopic (exact) mass is 169 g/mol. The quantitative estimate of drug-likeness (QED) is 0.645. The predicted molar refractivity (Wildman–Crippen MR) is 44.6 cm³/mol. The predicted octanol–water partition coefficient (Wildman–Crippen LogP) is 2.40. The fourth-order valence-electron chi connectivity index (χ4n) is 0.806. The molecule has 0 aliphatic rings. The van der Waals surface area contributed by atoms with Gasteiger partial charge in [0.05, 0.1) is 19.0 Å². The van der Waals surface area contributed by atoms with E-state index in [2.05, 4.69) is 11.9 Å². The lowest BCUT2D eigenvalue weighted by atomic mass is 10.3. The summed E-state index contributed by atoms with van der Waals surface area (Å²) < 4.78 is 17.8. The van der Waals surface area contributed by atoms with Gasteiger partial charge >= 0.3 is 0 Å². The molecule has 0 atom stereocenters. The van der Waals surface area contributed by atoms with Gasteiger partial charge in [0.2, 0.25) is 0 Å². The SMILES string of the molecule is CCCCOc1cncc(F)c1. The Morgan fingerprint density at radius 1 is 1.50 bits per heavy atom. The molecule has 0 aromatic carbocycles. The molecule has 0 amide bonds. The summed E-state index contributed by atoms with van der Waals surface area (Å²) >= 11 is 0. The first kappa shape index (κ1) is 8.97. The van der Waals surface area contributed by atoms with Crippen LogP contribution in [-0.2, 0) is 0 Å². The minimum Gasteiger partial charge on any atom is -0.492 e. The van der Waals surface area contributed by atoms with Gasteiger partial charge in [-0.25, -0.2) is 4.39 Å². The van der Waals surface area contributed by atoms with Crippen molar-refractivity contribution in [2.45, 2.75) is 19.8 Å². The van der Waals surface area contributed by atoms with Crippen molar-refractivity contribution in [1.29, 1.82) is 0 Å². The zero-order valence-electron chi connectivity index (χ0n) is 7.09. The number of pyridine rings is 1. The van der Waals surface area contributed by atoms with E-state index in [0.717, 1.165) is 19.0 Å². The second-order valence-corrected chi connectivity index (χ2v) is 2.54. The van der Waals surface area contributed by atoms with Crippen molar-refractivity contribution in [1.82, 2.24) is 4.98 Å². The molecule has 0 aliphatic carbocycles. The van der Waals surface area contributed by atoms with Crippen LogP contribution in [-0.4, -0.2) is 11.6 Å². The molecule has 1 aromatic rings. The molecule has 0 bridgehead atoms. The highest BCUT2D eigenvalue weighted by atomic mass is 19.1. The van der Waals surface area contributed by atoms with Crippen molar-refractivity contribution in [2.75, 3.05) is 6.61 Å². The van der Waals surface area contributed by atoms with Gasteiger partial charge in [0.1, 0.15) is 11.6 Å². The number of hydrogen-bond donors (Lipinski definition) is 0. The maximum Gasteiger partial charge on any atom is 0.145 e. The third-order valence-electron chi connectivity index (χ3n) is 1.45. The van der Waals surface area contributed by atoms with Crippen molar-refractivity contribution >= 4 is 0 Å². The molecule has 0 saturated carbocycles. The van der Waals surface area contributed by atoms with Gasteiger partial charge in [-0.3, -0.25) is 4.98 Å². The summed E-state index contributed by atoms with van der Waals surface area (Å²) in [4.78, 5) is 3.66. The molecular formula is C9H12FNO. The summed E-state index contributed by atoms with van der Waals surface area (Å²) in [7, 11) is 0. The third-order valence-corrected chi connectivity index (χ3v) is 1.45. The first-order valence-corrected chi connectivity index (χ1v) is 4.06. The zero-order valence-corrected chi connectivity index (χ0v) is 7.09. The van der Waals surface area contributed by atoms with E-state index in [1.54, 1.807) is 0 Å². The minimum absolute atomic E-state index is 0.357. The Hall–Kier alpha value is -1.12. The molecule has 0 saturated heterocycles.